The second kappa shape index (κ2) is 12.1. The van der Waals surface area contributed by atoms with Crippen molar-refractivity contribution in [2.75, 3.05) is 27.3 Å². The minimum atomic E-state index is -0.226. The first-order chi connectivity index (χ1) is 21.0. The van der Waals surface area contributed by atoms with E-state index < -0.39 is 0 Å². The lowest BCUT2D eigenvalue weighted by Crippen LogP contribution is -2.52. The molecule has 45 heavy (non-hydrogen) atoms. The molecule has 3 aromatic rings. The number of nitrogens with one attached hydrogen (secondary N) is 2. The van der Waals surface area contributed by atoms with Crippen LogP contribution in [0.2, 0.25) is 0 Å². The van der Waals surface area contributed by atoms with Gasteiger partial charge in [0.05, 0.1) is 12.2 Å². The smallest absolute Gasteiger partial charge is 0.320 e. The SMILES string of the molecule is CN(C)C(C)(C)CN1CN=C(C(C)(C)C)C=C1NC(=O)N[C@H]1CC[C@@H](Oc2ccc3nnc(C(C)(C)C)n3c2)c2ccccc21. The van der Waals surface area contributed by atoms with Gasteiger partial charge in [0.25, 0.3) is 0 Å². The molecule has 1 aliphatic heterocycles. The molecule has 1 aromatic carbocycles. The van der Waals surface area contributed by atoms with Crippen LogP contribution < -0.4 is 15.4 Å². The second-order valence-corrected chi connectivity index (χ2v) is 15.2. The molecule has 1 aliphatic carbocycles. The number of carbonyl (C=O) groups is 1. The van der Waals surface area contributed by atoms with Crippen LogP contribution in [0.1, 0.15) is 97.3 Å². The number of pyridine rings is 1. The summed E-state index contributed by atoms with van der Waals surface area (Å²) in [6.07, 6.45) is 5.38. The van der Waals surface area contributed by atoms with E-state index in [0.717, 1.165) is 59.3 Å². The number of amides is 2. The molecule has 0 fully saturated rings. The Morgan fingerprint density at radius 1 is 0.956 bits per heavy atom. The summed E-state index contributed by atoms with van der Waals surface area (Å²) in [7, 11) is 4.15. The number of rotatable bonds is 7. The summed E-state index contributed by atoms with van der Waals surface area (Å²) in [5.74, 6) is 2.42. The van der Waals surface area contributed by atoms with Gasteiger partial charge < -0.3 is 19.9 Å². The highest BCUT2D eigenvalue weighted by Crippen LogP contribution is 2.39. The Hall–Kier alpha value is -3.92. The van der Waals surface area contributed by atoms with Crippen LogP contribution in [0.5, 0.6) is 5.75 Å². The van der Waals surface area contributed by atoms with Gasteiger partial charge in [-0.1, -0.05) is 65.8 Å². The molecule has 10 nitrogen and oxygen atoms in total. The van der Waals surface area contributed by atoms with Crippen LogP contribution in [0.3, 0.4) is 0 Å². The Balaban J connectivity index is 1.33. The Kier molecular flexibility index (Phi) is 8.74. The molecule has 0 bridgehead atoms. The van der Waals surface area contributed by atoms with Crippen LogP contribution in [0.4, 0.5) is 4.79 Å². The molecule has 3 heterocycles. The summed E-state index contributed by atoms with van der Waals surface area (Å²) in [6, 6.07) is 11.8. The number of urea groups is 1. The second-order valence-electron chi connectivity index (χ2n) is 15.2. The van der Waals surface area contributed by atoms with Gasteiger partial charge >= 0.3 is 6.03 Å². The molecular formula is C35H50N8O2. The Bertz CT molecular complexity index is 1610. The normalized spacial score (nSPS) is 19.2. The number of allylic oxidation sites excluding steroid dienone is 1. The van der Waals surface area contributed by atoms with Gasteiger partial charge in [-0.15, -0.1) is 10.2 Å². The van der Waals surface area contributed by atoms with E-state index in [0.29, 0.717) is 6.67 Å². The van der Waals surface area contributed by atoms with Gasteiger partial charge in [-0.2, -0.15) is 0 Å². The van der Waals surface area contributed by atoms with Crippen molar-refractivity contribution in [2.45, 2.75) is 91.3 Å². The molecule has 242 valence electrons. The number of likely N-dealkylation sites (N-methyl/N-ethyl adjacent to an activating group) is 1. The lowest BCUT2D eigenvalue weighted by atomic mass is 9.85. The predicted molar refractivity (Wildman–Crippen MR) is 179 cm³/mol. The van der Waals surface area contributed by atoms with E-state index in [4.69, 9.17) is 9.73 Å². The summed E-state index contributed by atoms with van der Waals surface area (Å²) < 4.78 is 8.60. The van der Waals surface area contributed by atoms with Crippen molar-refractivity contribution in [3.8, 4) is 5.75 Å². The summed E-state index contributed by atoms with van der Waals surface area (Å²) >= 11 is 0. The van der Waals surface area contributed by atoms with Crippen molar-refractivity contribution in [3.05, 3.63) is 71.4 Å². The van der Waals surface area contributed by atoms with Crippen LogP contribution in [0, 0.1) is 5.41 Å². The molecule has 2 atom stereocenters. The third-order valence-electron chi connectivity index (χ3n) is 8.89. The molecule has 2 amide bonds. The molecule has 2 aromatic heterocycles. The van der Waals surface area contributed by atoms with Gasteiger partial charge in [0.1, 0.15) is 30.2 Å². The number of fused-ring (bicyclic) bond motifs is 2. The highest BCUT2D eigenvalue weighted by molar-refractivity contribution is 6.00. The van der Waals surface area contributed by atoms with Crippen LogP contribution in [0.25, 0.3) is 5.65 Å². The van der Waals surface area contributed by atoms with Crippen LogP contribution in [-0.2, 0) is 5.41 Å². The van der Waals surface area contributed by atoms with Gasteiger partial charge in [-0.3, -0.25) is 14.7 Å². The fourth-order valence-corrected chi connectivity index (χ4v) is 5.77. The maximum atomic E-state index is 13.6. The van der Waals surface area contributed by atoms with E-state index in [9.17, 15) is 4.79 Å². The average Bonchev–Trinajstić information content (AvgIpc) is 3.39. The van der Waals surface area contributed by atoms with E-state index in [1.165, 1.54) is 0 Å². The number of hydrogen-bond donors (Lipinski definition) is 2. The maximum absolute atomic E-state index is 13.6. The first-order valence-corrected chi connectivity index (χ1v) is 15.9. The molecule has 2 aliphatic rings. The van der Waals surface area contributed by atoms with Crippen molar-refractivity contribution in [2.24, 2.45) is 10.4 Å². The van der Waals surface area contributed by atoms with Gasteiger partial charge in [-0.05, 0) is 64.0 Å². The molecule has 0 saturated carbocycles. The van der Waals surface area contributed by atoms with Gasteiger partial charge in [0.15, 0.2) is 5.65 Å². The molecule has 0 saturated heterocycles. The van der Waals surface area contributed by atoms with Crippen LogP contribution in [-0.4, -0.2) is 69.0 Å². The van der Waals surface area contributed by atoms with E-state index in [2.05, 4.69) is 112 Å². The van der Waals surface area contributed by atoms with Crippen molar-refractivity contribution in [1.82, 2.24) is 35.0 Å². The highest BCUT2D eigenvalue weighted by Gasteiger charge is 2.32. The largest absolute Gasteiger partial charge is 0.484 e. The Morgan fingerprint density at radius 3 is 2.33 bits per heavy atom. The number of aromatic nitrogens is 3. The summed E-state index contributed by atoms with van der Waals surface area (Å²) in [6.45, 7) is 18.4. The molecule has 2 N–H and O–H groups in total. The van der Waals surface area contributed by atoms with Gasteiger partial charge in [-0.25, -0.2) is 4.79 Å². The van der Waals surface area contributed by atoms with Crippen molar-refractivity contribution < 1.29 is 9.53 Å². The van der Waals surface area contributed by atoms with Crippen LogP contribution in [0.15, 0.2) is 59.5 Å². The monoisotopic (exact) mass is 614 g/mol. The summed E-state index contributed by atoms with van der Waals surface area (Å²) in [5.41, 5.74) is 3.53. The molecule has 10 heteroatoms. The Labute approximate surface area is 267 Å². The molecule has 0 radical (unpaired) electrons. The van der Waals surface area contributed by atoms with Crippen molar-refractivity contribution in [3.63, 3.8) is 0 Å². The van der Waals surface area contributed by atoms with E-state index in [1.807, 2.05) is 40.9 Å². The van der Waals surface area contributed by atoms with E-state index >= 15 is 0 Å². The number of aliphatic imine (C=N–C) groups is 1. The van der Waals surface area contributed by atoms with Gasteiger partial charge in [0.2, 0.25) is 0 Å². The van der Waals surface area contributed by atoms with Crippen molar-refractivity contribution in [1.29, 1.82) is 0 Å². The molecule has 0 spiro atoms. The molecule has 5 rings (SSSR count). The summed E-state index contributed by atoms with van der Waals surface area (Å²) in [5, 5.41) is 15.2. The number of nitrogens with zero attached hydrogens (tertiary/aromatic N) is 6. The Morgan fingerprint density at radius 2 is 1.67 bits per heavy atom. The van der Waals surface area contributed by atoms with Gasteiger partial charge in [0, 0.05) is 34.7 Å². The number of carbonyl (C=O) groups excluding carboxylic acids is 1. The lowest BCUT2D eigenvalue weighted by molar-refractivity contribution is 0.134. The first kappa shape index (κ1) is 32.5. The zero-order valence-corrected chi connectivity index (χ0v) is 28.6. The molecule has 0 unspecified atom stereocenters. The number of benzene rings is 1. The highest BCUT2D eigenvalue weighted by atomic mass is 16.5. The lowest BCUT2D eigenvalue weighted by Gasteiger charge is -2.41. The average molecular weight is 615 g/mol. The summed E-state index contributed by atoms with van der Waals surface area (Å²) in [4.78, 5) is 22.8. The minimum absolute atomic E-state index is 0.115. The van der Waals surface area contributed by atoms with Crippen molar-refractivity contribution >= 4 is 17.4 Å². The maximum Gasteiger partial charge on any atom is 0.320 e. The first-order valence-electron chi connectivity index (χ1n) is 15.9. The number of ether oxygens (including phenoxy) is 1. The number of hydrogen-bond acceptors (Lipinski definition) is 7. The third kappa shape index (κ3) is 7.16. The fraction of sp³-hybridized carbons (Fsp3) is 0.543. The van der Waals surface area contributed by atoms with E-state index in [1.54, 1.807) is 0 Å². The standard InChI is InChI=1S/C35H50N8O2/c1-33(2,3)28-19-30(42(22-36-28)21-35(7,8)41(9)10)38-32(44)37-26-16-17-27(25-14-12-11-13-24(25)26)45-23-15-18-29-39-40-31(34(4,5)6)43(29)20-23/h11-15,18-20,26-27H,16-17,21-22H2,1-10H3,(H2,37,38,44)/t26-,27+/m0/s1. The predicted octanol–water partition coefficient (Wildman–Crippen LogP) is 6.22. The topological polar surface area (TPSA) is 99.4 Å². The van der Waals surface area contributed by atoms with E-state index in [-0.39, 0.29) is 34.5 Å². The minimum Gasteiger partial charge on any atom is -0.484 e. The fourth-order valence-electron chi connectivity index (χ4n) is 5.77. The zero-order valence-electron chi connectivity index (χ0n) is 28.6. The van der Waals surface area contributed by atoms with Crippen LogP contribution >= 0.6 is 0 Å². The quantitative estimate of drug-likeness (QED) is 0.328. The zero-order chi connectivity index (χ0) is 32.7. The molecular weight excluding hydrogens is 564 g/mol. The third-order valence-corrected chi connectivity index (χ3v) is 8.89.